The maximum atomic E-state index is 12.4. The van der Waals surface area contributed by atoms with Crippen molar-refractivity contribution in [3.63, 3.8) is 0 Å². The molecule has 0 saturated heterocycles. The lowest BCUT2D eigenvalue weighted by atomic mass is 10.1. The van der Waals surface area contributed by atoms with E-state index in [4.69, 9.17) is 4.42 Å². The van der Waals surface area contributed by atoms with Crippen LogP contribution in [0.5, 0.6) is 0 Å². The minimum Gasteiger partial charge on any atom is -0.441 e. The van der Waals surface area contributed by atoms with Crippen LogP contribution in [-0.4, -0.2) is 16.9 Å². The quantitative estimate of drug-likeness (QED) is 0.796. The van der Waals surface area contributed by atoms with Gasteiger partial charge in [-0.2, -0.15) is 0 Å². The second-order valence-electron chi connectivity index (χ2n) is 6.51. The molecule has 0 bridgehead atoms. The number of nitrogens with one attached hydrogen (secondary N) is 1. The maximum absolute atomic E-state index is 12.4. The number of aromatic nitrogens is 1. The Balaban J connectivity index is 1.41. The predicted octanol–water partition coefficient (Wildman–Crippen LogP) is 3.48. The van der Waals surface area contributed by atoms with E-state index in [9.17, 15) is 4.79 Å². The van der Waals surface area contributed by atoms with E-state index in [1.165, 1.54) is 11.1 Å². The second-order valence-corrected chi connectivity index (χ2v) is 6.51. The number of hydrogen-bond donors (Lipinski definition) is 1. The number of nitrogens with zero attached hydrogens (tertiary/aromatic N) is 1. The molecule has 0 unspecified atom stereocenters. The van der Waals surface area contributed by atoms with Gasteiger partial charge in [0.15, 0.2) is 0 Å². The highest BCUT2D eigenvalue weighted by atomic mass is 16.4. The van der Waals surface area contributed by atoms with Gasteiger partial charge in [-0.15, -0.1) is 0 Å². The van der Waals surface area contributed by atoms with Gasteiger partial charge in [-0.1, -0.05) is 42.5 Å². The summed E-state index contributed by atoms with van der Waals surface area (Å²) >= 11 is 0. The van der Waals surface area contributed by atoms with Gasteiger partial charge in [0.2, 0.25) is 11.8 Å². The predicted molar refractivity (Wildman–Crippen MR) is 96.2 cm³/mol. The molecule has 2 aromatic carbocycles. The summed E-state index contributed by atoms with van der Waals surface area (Å²) in [6, 6.07) is 18.3. The Morgan fingerprint density at radius 3 is 2.40 bits per heavy atom. The number of hydrogen-bond acceptors (Lipinski definition) is 3. The molecule has 1 aliphatic rings. The van der Waals surface area contributed by atoms with Crippen molar-refractivity contribution in [1.29, 1.82) is 0 Å². The molecule has 0 atom stereocenters. The molecule has 0 saturated carbocycles. The monoisotopic (exact) mass is 332 g/mol. The fourth-order valence-electron chi connectivity index (χ4n) is 3.39. The van der Waals surface area contributed by atoms with E-state index >= 15 is 0 Å². The number of rotatable bonds is 4. The molecule has 1 aromatic heterocycles. The molecule has 4 heteroatoms. The van der Waals surface area contributed by atoms with E-state index in [1.807, 2.05) is 49.4 Å². The van der Waals surface area contributed by atoms with Crippen molar-refractivity contribution in [2.24, 2.45) is 0 Å². The zero-order valence-corrected chi connectivity index (χ0v) is 14.2. The highest BCUT2D eigenvalue weighted by Gasteiger charge is 2.23. The molecule has 0 radical (unpaired) electrons. The molecular weight excluding hydrogens is 312 g/mol. The average molecular weight is 332 g/mol. The van der Waals surface area contributed by atoms with Gasteiger partial charge in [-0.25, -0.2) is 4.98 Å². The Labute approximate surface area is 146 Å². The van der Waals surface area contributed by atoms with Crippen molar-refractivity contribution in [3.8, 4) is 11.5 Å². The van der Waals surface area contributed by atoms with Crippen molar-refractivity contribution in [2.45, 2.75) is 32.2 Å². The zero-order valence-electron chi connectivity index (χ0n) is 14.2. The molecule has 4 rings (SSSR count). The summed E-state index contributed by atoms with van der Waals surface area (Å²) in [5, 5.41) is 3.13. The molecular formula is C21H20N2O2. The molecule has 4 nitrogen and oxygen atoms in total. The molecule has 0 aliphatic heterocycles. The van der Waals surface area contributed by atoms with Crippen LogP contribution in [0.15, 0.2) is 59.0 Å². The topological polar surface area (TPSA) is 55.1 Å². The van der Waals surface area contributed by atoms with Crippen molar-refractivity contribution in [2.75, 3.05) is 0 Å². The molecule has 1 N–H and O–H groups in total. The van der Waals surface area contributed by atoms with Crippen LogP contribution in [0.1, 0.15) is 22.6 Å². The van der Waals surface area contributed by atoms with Gasteiger partial charge in [-0.05, 0) is 43.0 Å². The third kappa shape index (κ3) is 3.33. The normalized spacial score (nSPS) is 13.6. The van der Waals surface area contributed by atoms with Crippen LogP contribution in [0.4, 0.5) is 0 Å². The lowest BCUT2D eigenvalue weighted by Gasteiger charge is -2.11. The summed E-state index contributed by atoms with van der Waals surface area (Å²) in [5.41, 5.74) is 4.28. The Bertz CT molecular complexity index is 874. The number of fused-ring (bicyclic) bond motifs is 1. The first-order chi connectivity index (χ1) is 12.2. The fraction of sp³-hybridized carbons (Fsp3) is 0.238. The van der Waals surface area contributed by atoms with Crippen molar-refractivity contribution < 1.29 is 9.21 Å². The van der Waals surface area contributed by atoms with E-state index in [1.54, 1.807) is 0 Å². The zero-order chi connectivity index (χ0) is 17.2. The summed E-state index contributed by atoms with van der Waals surface area (Å²) < 4.78 is 5.73. The third-order valence-corrected chi connectivity index (χ3v) is 4.66. The SMILES string of the molecule is Cc1oc(-c2ccccc2)nc1CC(=O)NC1Cc2ccccc2C1. The number of oxazole rings is 1. The highest BCUT2D eigenvalue weighted by Crippen LogP contribution is 2.23. The second kappa shape index (κ2) is 6.55. The largest absolute Gasteiger partial charge is 0.441 e. The molecule has 126 valence electrons. The number of carbonyl (C=O) groups excluding carboxylic acids is 1. The molecule has 3 aromatic rings. The van der Waals surface area contributed by atoms with E-state index in [0.717, 1.165) is 18.4 Å². The van der Waals surface area contributed by atoms with E-state index in [2.05, 4.69) is 22.4 Å². The van der Waals surface area contributed by atoms with Crippen LogP contribution in [0.25, 0.3) is 11.5 Å². The highest BCUT2D eigenvalue weighted by molar-refractivity contribution is 5.79. The van der Waals surface area contributed by atoms with Gasteiger partial charge >= 0.3 is 0 Å². The van der Waals surface area contributed by atoms with Gasteiger partial charge in [0.1, 0.15) is 5.76 Å². The third-order valence-electron chi connectivity index (χ3n) is 4.66. The Morgan fingerprint density at radius 1 is 1.08 bits per heavy atom. The first kappa shape index (κ1) is 15.6. The Hall–Kier alpha value is -2.88. The van der Waals surface area contributed by atoms with E-state index in [0.29, 0.717) is 17.3 Å². The van der Waals surface area contributed by atoms with Crippen LogP contribution in [0.2, 0.25) is 0 Å². The summed E-state index contributed by atoms with van der Waals surface area (Å²) in [5.74, 6) is 1.26. The minimum absolute atomic E-state index is 0.00572. The number of amides is 1. The van der Waals surface area contributed by atoms with E-state index in [-0.39, 0.29) is 18.4 Å². The lowest BCUT2D eigenvalue weighted by molar-refractivity contribution is -0.121. The van der Waals surface area contributed by atoms with Crippen LogP contribution in [-0.2, 0) is 24.1 Å². The summed E-state index contributed by atoms with van der Waals surface area (Å²) in [4.78, 5) is 16.9. The van der Waals surface area contributed by atoms with Gasteiger partial charge in [0.25, 0.3) is 0 Å². The minimum atomic E-state index is -0.00572. The number of benzene rings is 2. The first-order valence-electron chi connectivity index (χ1n) is 8.57. The smallest absolute Gasteiger partial charge is 0.226 e. The lowest BCUT2D eigenvalue weighted by Crippen LogP contribution is -2.36. The van der Waals surface area contributed by atoms with Crippen molar-refractivity contribution >= 4 is 5.91 Å². The van der Waals surface area contributed by atoms with Crippen LogP contribution in [0.3, 0.4) is 0 Å². The number of carbonyl (C=O) groups is 1. The molecule has 1 heterocycles. The van der Waals surface area contributed by atoms with Gasteiger partial charge in [0.05, 0.1) is 12.1 Å². The van der Waals surface area contributed by atoms with Gasteiger partial charge in [-0.3, -0.25) is 4.79 Å². The van der Waals surface area contributed by atoms with Gasteiger partial charge in [0, 0.05) is 11.6 Å². The Kier molecular flexibility index (Phi) is 4.10. The summed E-state index contributed by atoms with van der Waals surface area (Å²) in [6.07, 6.45) is 2.04. The molecule has 1 amide bonds. The molecule has 25 heavy (non-hydrogen) atoms. The number of aryl methyl sites for hydroxylation is 1. The fourth-order valence-corrected chi connectivity index (χ4v) is 3.39. The van der Waals surface area contributed by atoms with Gasteiger partial charge < -0.3 is 9.73 Å². The van der Waals surface area contributed by atoms with Crippen molar-refractivity contribution in [1.82, 2.24) is 10.3 Å². The van der Waals surface area contributed by atoms with E-state index < -0.39 is 0 Å². The molecule has 0 fully saturated rings. The first-order valence-corrected chi connectivity index (χ1v) is 8.57. The Morgan fingerprint density at radius 2 is 1.72 bits per heavy atom. The summed E-state index contributed by atoms with van der Waals surface area (Å²) in [6.45, 7) is 1.85. The summed E-state index contributed by atoms with van der Waals surface area (Å²) in [7, 11) is 0. The molecule has 1 aliphatic carbocycles. The average Bonchev–Trinajstić information content (AvgIpc) is 3.18. The van der Waals surface area contributed by atoms with Crippen LogP contribution >= 0.6 is 0 Å². The van der Waals surface area contributed by atoms with Crippen LogP contribution < -0.4 is 5.32 Å². The van der Waals surface area contributed by atoms with Crippen LogP contribution in [0, 0.1) is 6.92 Å². The molecule has 0 spiro atoms. The van der Waals surface area contributed by atoms with Crippen molar-refractivity contribution in [3.05, 3.63) is 77.2 Å². The maximum Gasteiger partial charge on any atom is 0.226 e. The standard InChI is InChI=1S/C21H20N2O2/c1-14-19(23-21(25-14)15-7-3-2-4-8-15)13-20(24)22-18-11-16-9-5-6-10-17(16)12-18/h2-10,18H,11-13H2,1H3,(H,22,24).